The number of imidazole rings is 1. The second-order valence-corrected chi connectivity index (χ2v) is 7.77. The van der Waals surface area contributed by atoms with E-state index in [1.54, 1.807) is 0 Å². The number of aliphatic hydroxyl groups is 1. The van der Waals surface area contributed by atoms with Crippen LogP contribution in [0.5, 0.6) is 0 Å². The van der Waals surface area contributed by atoms with E-state index in [0.717, 1.165) is 22.9 Å². The highest BCUT2D eigenvalue weighted by Gasteiger charge is 2.51. The van der Waals surface area contributed by atoms with Gasteiger partial charge in [-0.15, -0.1) is 0 Å². The molecule has 0 aliphatic carbocycles. The summed E-state index contributed by atoms with van der Waals surface area (Å²) in [6.07, 6.45) is -3.90. The average Bonchev–Trinajstić information content (AvgIpc) is 3.13. The highest BCUT2D eigenvalue weighted by atomic mass is 19.4. The lowest BCUT2D eigenvalue weighted by atomic mass is 9.97. The minimum atomic E-state index is -4.96. The molecule has 172 valence electrons. The highest BCUT2D eigenvalue weighted by Crippen LogP contribution is 2.39. The van der Waals surface area contributed by atoms with Crippen LogP contribution >= 0.6 is 0 Å². The summed E-state index contributed by atoms with van der Waals surface area (Å²) >= 11 is 0. The van der Waals surface area contributed by atoms with Gasteiger partial charge in [0.05, 0.1) is 17.9 Å². The molecule has 3 N–H and O–H groups in total. The number of hydrogen-bond acceptors (Lipinski definition) is 5. The lowest BCUT2D eigenvalue weighted by Gasteiger charge is -2.28. The number of rotatable bonds is 4. The number of halogens is 6. The molecule has 0 saturated carbocycles. The number of hydrogen-bond donors (Lipinski definition) is 3. The van der Waals surface area contributed by atoms with Crippen molar-refractivity contribution in [1.82, 2.24) is 19.7 Å². The van der Waals surface area contributed by atoms with Gasteiger partial charge >= 0.3 is 6.18 Å². The van der Waals surface area contributed by atoms with Gasteiger partial charge < -0.3 is 15.7 Å². The first kappa shape index (κ1) is 22.3. The summed E-state index contributed by atoms with van der Waals surface area (Å²) in [4.78, 5) is 7.94. The highest BCUT2D eigenvalue weighted by molar-refractivity contribution is 5.63. The second-order valence-electron chi connectivity index (χ2n) is 7.77. The van der Waals surface area contributed by atoms with Gasteiger partial charge in [0, 0.05) is 24.4 Å². The maximum atomic E-state index is 14.6. The van der Waals surface area contributed by atoms with Gasteiger partial charge in [-0.3, -0.25) is 4.40 Å². The van der Waals surface area contributed by atoms with Gasteiger partial charge in [0.15, 0.2) is 23.1 Å². The van der Waals surface area contributed by atoms with Crippen LogP contribution in [-0.2, 0) is 5.60 Å². The first-order valence-electron chi connectivity index (χ1n) is 9.73. The number of nitrogens with zero attached hydrogens (tertiary/aromatic N) is 3. The fraction of sp³-hybridized carbons (Fsp3) is 0.400. The van der Waals surface area contributed by atoms with Crippen LogP contribution in [-0.4, -0.2) is 51.0 Å². The predicted molar refractivity (Wildman–Crippen MR) is 104 cm³/mol. The lowest BCUT2D eigenvalue weighted by Crippen LogP contribution is -2.46. The van der Waals surface area contributed by atoms with Gasteiger partial charge in [0.25, 0.3) is 0 Å². The molecule has 0 aromatic carbocycles. The first-order valence-corrected chi connectivity index (χ1v) is 9.73. The Hall–Kier alpha value is -2.86. The Morgan fingerprint density at radius 1 is 1.22 bits per heavy atom. The van der Waals surface area contributed by atoms with Crippen molar-refractivity contribution in [2.75, 3.05) is 18.4 Å². The van der Waals surface area contributed by atoms with Crippen molar-refractivity contribution in [3.05, 3.63) is 47.8 Å². The monoisotopic (exact) mass is 459 g/mol. The van der Waals surface area contributed by atoms with E-state index < -0.39 is 52.7 Å². The zero-order chi connectivity index (χ0) is 23.3. The van der Waals surface area contributed by atoms with E-state index in [0.29, 0.717) is 19.5 Å². The van der Waals surface area contributed by atoms with Gasteiger partial charge in [-0.1, -0.05) is 6.07 Å². The molecule has 0 unspecified atom stereocenters. The largest absolute Gasteiger partial charge is 0.421 e. The number of alkyl halides is 4. The van der Waals surface area contributed by atoms with Crippen LogP contribution in [0.2, 0.25) is 0 Å². The fourth-order valence-electron chi connectivity index (χ4n) is 3.50. The Morgan fingerprint density at radius 2 is 1.97 bits per heavy atom. The second kappa shape index (κ2) is 7.93. The number of anilines is 1. The Balaban J connectivity index is 1.77. The molecule has 6 nitrogen and oxygen atoms in total. The molecule has 1 saturated heterocycles. The molecule has 1 fully saturated rings. The molecule has 3 aromatic heterocycles. The molecule has 3 atom stereocenters. The summed E-state index contributed by atoms with van der Waals surface area (Å²) < 4.78 is 83.9. The van der Waals surface area contributed by atoms with E-state index >= 15 is 0 Å². The van der Waals surface area contributed by atoms with Gasteiger partial charge in [-0.05, 0) is 26.0 Å². The van der Waals surface area contributed by atoms with Gasteiger partial charge in [-0.25, -0.2) is 23.1 Å². The third-order valence-corrected chi connectivity index (χ3v) is 5.51. The standard InChI is InChI=1S/C20H19F6N5O/c1-19(32,20(24,25)26)10-2-3-16-28-8-15(31(16)9-10)17-12(22)6-13(23)18(30-17)29-14-7-27-5-4-11(14)21/h2-3,6,8-9,11,14,27,32H,4-5,7H2,1H3,(H,29,30)/t11-,14-,19-/m0/s1. The summed E-state index contributed by atoms with van der Waals surface area (Å²) in [6.45, 7) is 1.27. The minimum absolute atomic E-state index is 0.0704. The molecular weight excluding hydrogens is 440 g/mol. The van der Waals surface area contributed by atoms with Crippen LogP contribution in [0.4, 0.5) is 32.2 Å². The third kappa shape index (κ3) is 3.88. The van der Waals surface area contributed by atoms with E-state index in [-0.39, 0.29) is 24.3 Å². The number of piperidine rings is 1. The van der Waals surface area contributed by atoms with E-state index in [4.69, 9.17) is 0 Å². The van der Waals surface area contributed by atoms with Crippen molar-refractivity contribution in [2.45, 2.75) is 37.3 Å². The third-order valence-electron chi connectivity index (χ3n) is 5.51. The molecule has 0 bridgehead atoms. The number of aromatic nitrogens is 3. The van der Waals surface area contributed by atoms with Crippen molar-refractivity contribution in [1.29, 1.82) is 0 Å². The SMILES string of the molecule is C[C@](O)(c1ccc2ncc(-c3nc(N[C@H]4CNCC[C@@H]4F)c(F)cc3F)n2c1)C(F)(F)F. The van der Waals surface area contributed by atoms with Crippen LogP contribution in [0, 0.1) is 11.6 Å². The molecule has 4 rings (SSSR count). The lowest BCUT2D eigenvalue weighted by molar-refractivity contribution is -0.259. The smallest absolute Gasteiger partial charge is 0.376 e. The number of nitrogens with one attached hydrogen (secondary N) is 2. The van der Waals surface area contributed by atoms with E-state index in [2.05, 4.69) is 20.6 Å². The number of pyridine rings is 2. The summed E-state index contributed by atoms with van der Waals surface area (Å²) in [6, 6.07) is 2.04. The van der Waals surface area contributed by atoms with Crippen molar-refractivity contribution >= 4 is 11.5 Å². The van der Waals surface area contributed by atoms with Crippen LogP contribution < -0.4 is 10.6 Å². The molecule has 1 aliphatic rings. The van der Waals surface area contributed by atoms with Crippen molar-refractivity contribution < 1.29 is 31.4 Å². The molecule has 0 spiro atoms. The van der Waals surface area contributed by atoms with Crippen molar-refractivity contribution in [2.24, 2.45) is 0 Å². The maximum absolute atomic E-state index is 14.6. The van der Waals surface area contributed by atoms with Crippen LogP contribution in [0.1, 0.15) is 18.9 Å². The Morgan fingerprint density at radius 3 is 2.66 bits per heavy atom. The predicted octanol–water partition coefficient (Wildman–Crippen LogP) is 3.56. The summed E-state index contributed by atoms with van der Waals surface area (Å²) in [5.74, 6) is -2.52. The first-order chi connectivity index (χ1) is 15.0. The quantitative estimate of drug-likeness (QED) is 0.521. The summed E-state index contributed by atoms with van der Waals surface area (Å²) in [7, 11) is 0. The molecule has 1 aliphatic heterocycles. The van der Waals surface area contributed by atoms with Gasteiger partial charge in [0.1, 0.15) is 17.5 Å². The zero-order valence-corrected chi connectivity index (χ0v) is 16.7. The molecular formula is C20H19F6N5O. The van der Waals surface area contributed by atoms with Gasteiger partial charge in [0.2, 0.25) is 0 Å². The molecule has 0 radical (unpaired) electrons. The molecule has 3 aromatic rings. The average molecular weight is 459 g/mol. The number of fused-ring (bicyclic) bond motifs is 1. The van der Waals surface area contributed by atoms with Crippen LogP contribution in [0.25, 0.3) is 17.0 Å². The zero-order valence-electron chi connectivity index (χ0n) is 16.7. The topological polar surface area (TPSA) is 74.5 Å². The Labute approximate surface area is 178 Å². The van der Waals surface area contributed by atoms with Crippen molar-refractivity contribution in [3.63, 3.8) is 0 Å². The summed E-state index contributed by atoms with van der Waals surface area (Å²) in [5, 5.41) is 15.6. The molecule has 4 heterocycles. The Bertz CT molecular complexity index is 1150. The van der Waals surface area contributed by atoms with E-state index in [9.17, 15) is 31.4 Å². The van der Waals surface area contributed by atoms with Crippen LogP contribution in [0.15, 0.2) is 30.6 Å². The normalized spacial score (nSPS) is 21.5. The fourth-order valence-corrected chi connectivity index (χ4v) is 3.50. The van der Waals surface area contributed by atoms with E-state index in [1.807, 2.05) is 0 Å². The minimum Gasteiger partial charge on any atom is -0.376 e. The van der Waals surface area contributed by atoms with Gasteiger partial charge in [-0.2, -0.15) is 13.2 Å². The molecule has 0 amide bonds. The molecule has 12 heteroatoms. The van der Waals surface area contributed by atoms with Crippen LogP contribution in [0.3, 0.4) is 0 Å². The Kier molecular flexibility index (Phi) is 5.53. The van der Waals surface area contributed by atoms with Crippen molar-refractivity contribution in [3.8, 4) is 11.4 Å². The molecule has 32 heavy (non-hydrogen) atoms. The van der Waals surface area contributed by atoms with E-state index in [1.165, 1.54) is 6.07 Å². The summed E-state index contributed by atoms with van der Waals surface area (Å²) in [5.41, 5.74) is -3.99. The maximum Gasteiger partial charge on any atom is 0.421 e.